The summed E-state index contributed by atoms with van der Waals surface area (Å²) in [5.41, 5.74) is 32.4. The van der Waals surface area contributed by atoms with Crippen LogP contribution in [0.4, 0.5) is 34.1 Å². The van der Waals surface area contributed by atoms with E-state index in [2.05, 4.69) is 330 Å². The van der Waals surface area contributed by atoms with Gasteiger partial charge in [0.15, 0.2) is 0 Å². The summed E-state index contributed by atoms with van der Waals surface area (Å²) in [5.74, 6) is -0.0722. The van der Waals surface area contributed by atoms with Gasteiger partial charge in [0.2, 0.25) is 0 Å². The van der Waals surface area contributed by atoms with E-state index in [4.69, 9.17) is 8.83 Å². The maximum absolute atomic E-state index is 6.47. The lowest BCUT2D eigenvalue weighted by molar-refractivity contribution is 0.590. The molecule has 2 aromatic heterocycles. The zero-order valence-electron chi connectivity index (χ0n) is 53.1. The Morgan fingerprint density at radius 3 is 1.18 bits per heavy atom. The van der Waals surface area contributed by atoms with Gasteiger partial charge >= 0.3 is 0 Å². The van der Waals surface area contributed by atoms with Gasteiger partial charge in [-0.15, -0.1) is 0 Å². The van der Waals surface area contributed by atoms with Gasteiger partial charge < -0.3 is 18.6 Å². The highest BCUT2D eigenvalue weighted by Gasteiger charge is 2.46. The summed E-state index contributed by atoms with van der Waals surface area (Å²) in [4.78, 5) is 5.34. The molecule has 0 saturated heterocycles. The highest BCUT2D eigenvalue weighted by Crippen LogP contribution is 2.53. The predicted molar refractivity (Wildman–Crippen MR) is 391 cm³/mol. The number of hydrogen-bond acceptors (Lipinski definition) is 4. The molecule has 444 valence electrons. The zero-order valence-corrected chi connectivity index (χ0v) is 53.1. The summed E-state index contributed by atoms with van der Waals surface area (Å²) in [6.45, 7) is 13.8. The molecule has 0 spiro atoms. The van der Waals surface area contributed by atoms with Crippen LogP contribution in [0, 0.1) is 0 Å². The Kier molecular flexibility index (Phi) is 12.3. The second-order valence-electron chi connectivity index (χ2n) is 27.9. The third kappa shape index (κ3) is 8.88. The van der Waals surface area contributed by atoms with Crippen molar-refractivity contribution in [3.05, 3.63) is 318 Å². The van der Waals surface area contributed by atoms with Crippen molar-refractivity contribution >= 4 is 101 Å². The Hall–Kier alpha value is -10.9. The Morgan fingerprint density at radius 1 is 0.323 bits per heavy atom. The van der Waals surface area contributed by atoms with Crippen LogP contribution >= 0.6 is 0 Å². The van der Waals surface area contributed by atoms with Crippen molar-refractivity contribution in [2.75, 3.05) is 9.80 Å². The maximum Gasteiger partial charge on any atom is 0.252 e. The van der Waals surface area contributed by atoms with Crippen LogP contribution < -0.4 is 26.2 Å². The minimum atomic E-state index is -0.181. The molecule has 0 unspecified atom stereocenters. The highest BCUT2D eigenvalue weighted by molar-refractivity contribution is 7.00. The zero-order chi connectivity index (χ0) is 62.4. The van der Waals surface area contributed by atoms with Crippen molar-refractivity contribution in [3.8, 4) is 44.5 Å². The first-order valence-corrected chi connectivity index (χ1v) is 32.8. The van der Waals surface area contributed by atoms with Crippen LogP contribution in [0.25, 0.3) is 88.4 Å². The van der Waals surface area contributed by atoms with Crippen molar-refractivity contribution in [2.45, 2.75) is 64.7 Å². The lowest BCUT2D eigenvalue weighted by Crippen LogP contribution is -2.61. The van der Waals surface area contributed by atoms with Crippen molar-refractivity contribution < 1.29 is 8.83 Å². The molecule has 2 aliphatic heterocycles. The fraction of sp³-hybridized carbons (Fsp3) is 0.114. The van der Waals surface area contributed by atoms with Crippen LogP contribution in [0.2, 0.25) is 0 Å². The number of fused-ring (bicyclic) bond motifs is 12. The molecular formula is C88H67BN2O2. The van der Waals surface area contributed by atoms with Crippen LogP contribution in [0.5, 0.6) is 0 Å². The summed E-state index contributed by atoms with van der Waals surface area (Å²) < 4.78 is 12.9. The molecule has 0 radical (unpaired) electrons. The number of anilines is 6. The molecule has 1 aliphatic carbocycles. The average Bonchev–Trinajstić information content (AvgIpc) is 1.27. The van der Waals surface area contributed by atoms with Crippen LogP contribution in [0.1, 0.15) is 86.4 Å². The van der Waals surface area contributed by atoms with Gasteiger partial charge in [-0.05, 0) is 191 Å². The predicted octanol–water partition coefficient (Wildman–Crippen LogP) is 21.9. The quantitative estimate of drug-likeness (QED) is 0.149. The highest BCUT2D eigenvalue weighted by atomic mass is 16.3. The third-order valence-electron chi connectivity index (χ3n) is 20.3. The van der Waals surface area contributed by atoms with E-state index >= 15 is 0 Å². The van der Waals surface area contributed by atoms with Gasteiger partial charge in [-0.3, -0.25) is 0 Å². The van der Waals surface area contributed by atoms with Gasteiger partial charge in [-0.2, -0.15) is 0 Å². The number of para-hydroxylation sites is 2. The van der Waals surface area contributed by atoms with Gasteiger partial charge in [0.25, 0.3) is 6.71 Å². The standard InChI is InChI=1S/C88H67BN2O2/c1-87(2,3)63-37-41-75(69(52-63)54-21-9-7-10-22-54)90-77-48-58(56-35-43-83-71(46-56)67-29-17-19-31-81(67)92-83)33-39-73(77)89-74-40-34-59(57-36-44-84-72(47-57)68-30-18-20-32-82(68)93-84)49-78(74)91(76-42-38-64(88(4,5)6)53-70(76)55-23-11-8-12-24-55)80-51-62(50-79(90)86(80)89)85-65-27-15-13-25-60(65)45-61-26-14-16-28-66(61)85/h7-44,46-53,85H,45H2,1-6H3. The van der Waals surface area contributed by atoms with Crippen LogP contribution in [-0.4, -0.2) is 6.71 Å². The van der Waals surface area contributed by atoms with E-state index in [-0.39, 0.29) is 23.5 Å². The van der Waals surface area contributed by atoms with Gasteiger partial charge in [-0.25, -0.2) is 0 Å². The lowest BCUT2D eigenvalue weighted by atomic mass is 9.33. The first-order valence-electron chi connectivity index (χ1n) is 32.8. The smallest absolute Gasteiger partial charge is 0.252 e. The van der Waals surface area contributed by atoms with E-state index in [0.717, 1.165) is 95.3 Å². The third-order valence-corrected chi connectivity index (χ3v) is 20.3. The van der Waals surface area contributed by atoms with Crippen LogP contribution in [0.3, 0.4) is 0 Å². The van der Waals surface area contributed by atoms with Gasteiger partial charge in [-0.1, -0.05) is 236 Å². The molecule has 5 heteroatoms. The molecule has 13 aromatic carbocycles. The van der Waals surface area contributed by atoms with E-state index in [1.165, 1.54) is 89.0 Å². The topological polar surface area (TPSA) is 32.8 Å². The van der Waals surface area contributed by atoms with E-state index in [1.807, 2.05) is 0 Å². The fourth-order valence-electron chi connectivity index (χ4n) is 15.6. The van der Waals surface area contributed by atoms with Gasteiger partial charge in [0.05, 0.1) is 11.4 Å². The normalized spacial score (nSPS) is 13.5. The number of nitrogens with zero attached hydrogens (tertiary/aromatic N) is 2. The summed E-state index contributed by atoms with van der Waals surface area (Å²) in [6.07, 6.45) is 0.884. The Morgan fingerprint density at radius 2 is 0.720 bits per heavy atom. The summed E-state index contributed by atoms with van der Waals surface area (Å²) in [6, 6.07) is 105. The molecule has 93 heavy (non-hydrogen) atoms. The molecule has 3 aliphatic rings. The maximum atomic E-state index is 6.47. The van der Waals surface area contributed by atoms with E-state index in [1.54, 1.807) is 0 Å². The average molecular weight is 1200 g/mol. The minimum absolute atomic E-state index is 0.0722. The molecule has 4 heterocycles. The van der Waals surface area contributed by atoms with E-state index < -0.39 is 0 Å². The molecule has 4 nitrogen and oxygen atoms in total. The summed E-state index contributed by atoms with van der Waals surface area (Å²) >= 11 is 0. The van der Waals surface area contributed by atoms with Crippen molar-refractivity contribution in [1.82, 2.24) is 0 Å². The second kappa shape index (κ2) is 20.8. The van der Waals surface area contributed by atoms with Crippen molar-refractivity contribution in [2.24, 2.45) is 0 Å². The monoisotopic (exact) mass is 1190 g/mol. The van der Waals surface area contributed by atoms with Crippen molar-refractivity contribution in [3.63, 3.8) is 0 Å². The largest absolute Gasteiger partial charge is 0.456 e. The SMILES string of the molecule is CC(C)(C)c1ccc(N2c3cc(-c4ccc5oc6ccccc6c5c4)ccc3B3c4ccc(-c5ccc6oc7ccccc7c6c5)cc4N(c4ccc(C(C)(C)C)cc4-c4ccccc4)c4cc(C5c6ccccc6Cc6ccccc65)cc2c43)c(-c2ccccc2)c1. The summed E-state index contributed by atoms with van der Waals surface area (Å²) in [5, 5.41) is 4.45. The molecule has 0 fully saturated rings. The Bertz CT molecular complexity index is 5210. The molecule has 0 atom stereocenters. The number of benzene rings is 13. The fourth-order valence-corrected chi connectivity index (χ4v) is 15.6. The first-order chi connectivity index (χ1) is 45.4. The number of rotatable bonds is 7. The van der Waals surface area contributed by atoms with E-state index in [9.17, 15) is 0 Å². The second-order valence-corrected chi connectivity index (χ2v) is 27.9. The molecule has 0 saturated carbocycles. The van der Waals surface area contributed by atoms with Crippen LogP contribution in [-0.2, 0) is 17.3 Å². The molecule has 0 bridgehead atoms. The number of hydrogen-bond donors (Lipinski definition) is 0. The molecular weight excluding hydrogens is 1130 g/mol. The lowest BCUT2D eigenvalue weighted by Gasteiger charge is -2.46. The number of furan rings is 2. The molecule has 15 aromatic rings. The van der Waals surface area contributed by atoms with Crippen molar-refractivity contribution in [1.29, 1.82) is 0 Å². The first kappa shape index (κ1) is 55.0. The van der Waals surface area contributed by atoms with E-state index in [0.29, 0.717) is 0 Å². The summed E-state index contributed by atoms with van der Waals surface area (Å²) in [7, 11) is 0. The van der Waals surface area contributed by atoms with Crippen LogP contribution in [0.15, 0.2) is 288 Å². The van der Waals surface area contributed by atoms with Gasteiger partial charge in [0, 0.05) is 61.3 Å². The van der Waals surface area contributed by atoms with Gasteiger partial charge in [0.1, 0.15) is 22.3 Å². The molecule has 0 amide bonds. The Balaban J connectivity index is 0.982. The Labute approximate surface area is 543 Å². The minimum Gasteiger partial charge on any atom is -0.456 e. The molecule has 0 N–H and O–H groups in total. The molecule has 18 rings (SSSR count).